The maximum atomic E-state index is 12.8. The van der Waals surface area contributed by atoms with Crippen molar-refractivity contribution in [3.05, 3.63) is 28.8 Å². The minimum atomic E-state index is -4.53. The molecule has 1 aromatic carbocycles. The van der Waals surface area contributed by atoms with Crippen LogP contribution in [0.25, 0.3) is 0 Å². The first-order valence-corrected chi connectivity index (χ1v) is 5.21. The molecule has 0 aliphatic heterocycles. The number of hydrogen-bond donors (Lipinski definition) is 0. The normalized spacial score (nSPS) is 15.8. The zero-order valence-corrected chi connectivity index (χ0v) is 9.17. The Morgan fingerprint density at radius 3 is 2.41 bits per heavy atom. The van der Waals surface area contributed by atoms with Crippen molar-refractivity contribution in [1.82, 2.24) is 0 Å². The van der Waals surface area contributed by atoms with Gasteiger partial charge >= 0.3 is 6.18 Å². The van der Waals surface area contributed by atoms with Crippen LogP contribution in [0.1, 0.15) is 40.2 Å². The first kappa shape index (κ1) is 12.0. The number of methoxy groups -OCH3 is 1. The summed E-state index contributed by atoms with van der Waals surface area (Å²) in [6, 6.07) is 2.58. The van der Waals surface area contributed by atoms with Crippen LogP contribution in [0.4, 0.5) is 13.2 Å². The lowest BCUT2D eigenvalue weighted by molar-refractivity contribution is -0.138. The summed E-state index contributed by atoms with van der Waals surface area (Å²) in [6.07, 6.45) is -2.56. The number of ether oxygens (including phenoxy) is 1. The fourth-order valence-corrected chi connectivity index (χ4v) is 1.83. The summed E-state index contributed by atoms with van der Waals surface area (Å²) >= 11 is 0. The molecule has 2 nitrogen and oxygen atoms in total. The minimum Gasteiger partial charge on any atom is -0.496 e. The second-order valence-electron chi connectivity index (χ2n) is 4.07. The topological polar surface area (TPSA) is 26.3 Å². The number of alkyl halides is 3. The molecule has 1 fully saturated rings. The molecule has 0 radical (unpaired) electrons. The summed E-state index contributed by atoms with van der Waals surface area (Å²) in [6.45, 7) is 0. The molecule has 0 bridgehead atoms. The Labute approximate surface area is 96.4 Å². The van der Waals surface area contributed by atoms with Gasteiger partial charge in [-0.1, -0.05) is 0 Å². The molecule has 17 heavy (non-hydrogen) atoms. The van der Waals surface area contributed by atoms with Crippen LogP contribution in [0.2, 0.25) is 0 Å². The molecule has 5 heteroatoms. The molecule has 0 atom stereocenters. The van der Waals surface area contributed by atoms with E-state index < -0.39 is 17.3 Å². The van der Waals surface area contributed by atoms with Crippen LogP contribution in [-0.4, -0.2) is 13.4 Å². The van der Waals surface area contributed by atoms with Gasteiger partial charge in [-0.3, -0.25) is 4.79 Å². The molecule has 0 heterocycles. The zero-order valence-electron chi connectivity index (χ0n) is 9.17. The lowest BCUT2D eigenvalue weighted by Gasteiger charge is -2.14. The Kier molecular flexibility index (Phi) is 2.85. The highest BCUT2D eigenvalue weighted by Gasteiger charge is 2.37. The third-order valence-electron chi connectivity index (χ3n) is 2.86. The van der Waals surface area contributed by atoms with Crippen LogP contribution in [0.3, 0.4) is 0 Å². The first-order chi connectivity index (χ1) is 7.97. The number of carbonyl (C=O) groups is 1. The lowest BCUT2D eigenvalue weighted by atomic mass is 10.0. The van der Waals surface area contributed by atoms with Gasteiger partial charge in [-0.25, -0.2) is 0 Å². The molecule has 1 aliphatic rings. The Bertz CT molecular complexity index is 448. The molecule has 0 N–H and O–H groups in total. The molecule has 1 saturated carbocycles. The van der Waals surface area contributed by atoms with Crippen molar-refractivity contribution in [2.75, 3.05) is 7.11 Å². The van der Waals surface area contributed by atoms with Crippen LogP contribution in [0.5, 0.6) is 5.75 Å². The Morgan fingerprint density at radius 1 is 1.35 bits per heavy atom. The van der Waals surface area contributed by atoms with Gasteiger partial charge in [0.15, 0.2) is 6.29 Å². The van der Waals surface area contributed by atoms with Gasteiger partial charge in [0.1, 0.15) is 5.75 Å². The van der Waals surface area contributed by atoms with E-state index in [1.165, 1.54) is 13.2 Å². The van der Waals surface area contributed by atoms with Crippen LogP contribution >= 0.6 is 0 Å². The summed E-state index contributed by atoms with van der Waals surface area (Å²) in [5, 5.41) is 0. The summed E-state index contributed by atoms with van der Waals surface area (Å²) in [7, 11) is 1.26. The van der Waals surface area contributed by atoms with Gasteiger partial charge in [-0.2, -0.15) is 13.2 Å². The van der Waals surface area contributed by atoms with Gasteiger partial charge in [0.2, 0.25) is 0 Å². The third-order valence-corrected chi connectivity index (χ3v) is 2.86. The second-order valence-corrected chi connectivity index (χ2v) is 4.07. The summed E-state index contributed by atoms with van der Waals surface area (Å²) < 4.78 is 43.3. The number of carbonyl (C=O) groups excluding carboxylic acids is 1. The number of hydrogen-bond acceptors (Lipinski definition) is 2. The number of aldehydes is 1. The maximum Gasteiger partial charge on any atom is 0.417 e. The highest BCUT2D eigenvalue weighted by atomic mass is 19.4. The van der Waals surface area contributed by atoms with Gasteiger partial charge in [0, 0.05) is 0 Å². The van der Waals surface area contributed by atoms with E-state index in [0.29, 0.717) is 5.56 Å². The van der Waals surface area contributed by atoms with E-state index in [2.05, 4.69) is 0 Å². The highest BCUT2D eigenvalue weighted by molar-refractivity contribution is 5.82. The van der Waals surface area contributed by atoms with Crippen molar-refractivity contribution in [2.45, 2.75) is 24.9 Å². The number of benzene rings is 1. The van der Waals surface area contributed by atoms with E-state index >= 15 is 0 Å². The van der Waals surface area contributed by atoms with Crippen molar-refractivity contribution in [2.24, 2.45) is 0 Å². The van der Waals surface area contributed by atoms with Gasteiger partial charge in [-0.05, 0) is 36.5 Å². The van der Waals surface area contributed by atoms with Crippen molar-refractivity contribution in [3.63, 3.8) is 0 Å². The zero-order chi connectivity index (χ0) is 12.6. The van der Waals surface area contributed by atoms with Crippen molar-refractivity contribution >= 4 is 6.29 Å². The first-order valence-electron chi connectivity index (χ1n) is 5.21. The molecular formula is C12H11F3O2. The molecule has 2 rings (SSSR count). The van der Waals surface area contributed by atoms with E-state index in [1.807, 2.05) is 0 Å². The average molecular weight is 244 g/mol. The smallest absolute Gasteiger partial charge is 0.417 e. The monoisotopic (exact) mass is 244 g/mol. The van der Waals surface area contributed by atoms with Gasteiger partial charge in [-0.15, -0.1) is 0 Å². The molecule has 0 amide bonds. The maximum absolute atomic E-state index is 12.8. The number of rotatable bonds is 3. The van der Waals surface area contributed by atoms with E-state index in [-0.39, 0.29) is 18.0 Å². The fraction of sp³-hybridized carbons (Fsp3) is 0.417. The van der Waals surface area contributed by atoms with E-state index in [9.17, 15) is 18.0 Å². The summed E-state index contributed by atoms with van der Waals surface area (Å²) in [5.74, 6) is 0.169. The molecule has 1 aliphatic carbocycles. The number of halogens is 3. The van der Waals surface area contributed by atoms with Crippen LogP contribution in [-0.2, 0) is 6.18 Å². The van der Waals surface area contributed by atoms with Gasteiger partial charge < -0.3 is 4.74 Å². The minimum absolute atomic E-state index is 0.00303. The van der Waals surface area contributed by atoms with Crippen molar-refractivity contribution in [1.29, 1.82) is 0 Å². The Hall–Kier alpha value is -1.52. The van der Waals surface area contributed by atoms with Crippen LogP contribution in [0.15, 0.2) is 12.1 Å². The van der Waals surface area contributed by atoms with Crippen molar-refractivity contribution in [3.8, 4) is 5.75 Å². The van der Waals surface area contributed by atoms with Crippen LogP contribution < -0.4 is 4.74 Å². The molecule has 1 aromatic rings. The standard InChI is InChI=1S/C12H11F3O2/c1-17-11-5-8(7-2-3-7)4-10(9(11)6-16)12(13,14)15/h4-7H,2-3H2,1H3. The fourth-order valence-electron chi connectivity index (χ4n) is 1.83. The largest absolute Gasteiger partial charge is 0.496 e. The molecular weight excluding hydrogens is 233 g/mol. The Morgan fingerprint density at radius 2 is 2.00 bits per heavy atom. The molecule has 0 saturated heterocycles. The van der Waals surface area contributed by atoms with Gasteiger partial charge in [0.05, 0.1) is 18.2 Å². The predicted octanol–water partition coefficient (Wildman–Crippen LogP) is 3.40. The highest BCUT2D eigenvalue weighted by Crippen LogP contribution is 2.45. The average Bonchev–Trinajstić information content (AvgIpc) is 3.09. The second kappa shape index (κ2) is 4.05. The van der Waals surface area contributed by atoms with E-state index in [4.69, 9.17) is 4.74 Å². The molecule has 92 valence electrons. The summed E-state index contributed by atoms with van der Waals surface area (Å²) in [4.78, 5) is 10.8. The predicted molar refractivity (Wildman–Crippen MR) is 55.4 cm³/mol. The lowest BCUT2D eigenvalue weighted by Crippen LogP contribution is -2.11. The third kappa shape index (κ3) is 2.28. The van der Waals surface area contributed by atoms with Gasteiger partial charge in [0.25, 0.3) is 0 Å². The van der Waals surface area contributed by atoms with Crippen LogP contribution in [0, 0.1) is 0 Å². The van der Waals surface area contributed by atoms with E-state index in [1.54, 1.807) is 0 Å². The SMILES string of the molecule is COc1cc(C2CC2)cc(C(F)(F)F)c1C=O. The van der Waals surface area contributed by atoms with Crippen molar-refractivity contribution < 1.29 is 22.7 Å². The van der Waals surface area contributed by atoms with E-state index in [0.717, 1.165) is 18.9 Å². The molecule has 0 unspecified atom stereocenters. The Balaban J connectivity index is 2.60. The summed E-state index contributed by atoms with van der Waals surface area (Å²) in [5.41, 5.74) is -0.738. The molecule has 0 aromatic heterocycles. The quantitative estimate of drug-likeness (QED) is 0.761. The molecule has 0 spiro atoms.